The lowest BCUT2D eigenvalue weighted by atomic mass is 10.1. The van der Waals surface area contributed by atoms with Gasteiger partial charge in [0.2, 0.25) is 5.91 Å². The van der Waals surface area contributed by atoms with Gasteiger partial charge in [-0.25, -0.2) is 4.68 Å². The molecule has 0 fully saturated rings. The van der Waals surface area contributed by atoms with E-state index in [-0.39, 0.29) is 12.3 Å². The van der Waals surface area contributed by atoms with Crippen LogP contribution in [0.15, 0.2) is 42.5 Å². The molecule has 1 N–H and O–H groups in total. The molecule has 162 valence electrons. The van der Waals surface area contributed by atoms with Crippen LogP contribution in [0.5, 0.6) is 11.5 Å². The maximum atomic E-state index is 12.4. The first-order chi connectivity index (χ1) is 15.0. The second-order valence-electron chi connectivity index (χ2n) is 7.74. The predicted molar refractivity (Wildman–Crippen MR) is 121 cm³/mol. The number of rotatable bonds is 6. The van der Waals surface area contributed by atoms with Crippen molar-refractivity contribution in [1.82, 2.24) is 15.1 Å². The highest BCUT2D eigenvalue weighted by atomic mass is 35.5. The second-order valence-corrected chi connectivity index (χ2v) is 8.14. The first-order valence-corrected chi connectivity index (χ1v) is 10.8. The number of nitrogens with one attached hydrogen (secondary N) is 1. The van der Waals surface area contributed by atoms with Gasteiger partial charge >= 0.3 is 0 Å². The van der Waals surface area contributed by atoms with Gasteiger partial charge in [0.25, 0.3) is 0 Å². The average Bonchev–Trinajstić information content (AvgIpc) is 2.92. The molecule has 0 radical (unpaired) electrons. The number of aryl methyl sites for hydroxylation is 2. The van der Waals surface area contributed by atoms with Crippen LogP contribution in [-0.4, -0.2) is 35.4 Å². The van der Waals surface area contributed by atoms with Crippen molar-refractivity contribution in [1.29, 1.82) is 0 Å². The van der Waals surface area contributed by atoms with E-state index < -0.39 is 0 Å². The number of ether oxygens (including phenoxy) is 2. The minimum absolute atomic E-state index is 0.0511. The summed E-state index contributed by atoms with van der Waals surface area (Å²) in [6.07, 6.45) is 1.81. The fourth-order valence-corrected chi connectivity index (χ4v) is 3.96. The number of carbonyl (C=O) groups is 1. The number of aromatic nitrogens is 2. The molecule has 0 spiro atoms. The largest absolute Gasteiger partial charge is 0.489 e. The van der Waals surface area contributed by atoms with Gasteiger partial charge in [-0.3, -0.25) is 4.79 Å². The van der Waals surface area contributed by atoms with E-state index in [2.05, 4.69) is 40.7 Å². The summed E-state index contributed by atoms with van der Waals surface area (Å²) in [5, 5.41) is 7.96. The molecule has 0 atom stereocenters. The fourth-order valence-electron chi connectivity index (χ4n) is 3.67. The van der Waals surface area contributed by atoms with E-state index in [4.69, 9.17) is 21.1 Å². The zero-order valence-corrected chi connectivity index (χ0v) is 18.5. The molecule has 3 aromatic rings. The molecule has 2 heterocycles. The summed E-state index contributed by atoms with van der Waals surface area (Å²) in [6.45, 7) is 5.75. The van der Waals surface area contributed by atoms with Crippen LogP contribution in [0, 0.1) is 13.8 Å². The molecule has 4 rings (SSSR count). The Bertz CT molecular complexity index is 1080. The second kappa shape index (κ2) is 9.43. The molecule has 1 aliphatic heterocycles. The smallest absolute Gasteiger partial charge is 0.224 e. The van der Waals surface area contributed by atoms with Gasteiger partial charge in [0.15, 0.2) is 11.5 Å². The highest BCUT2D eigenvalue weighted by Gasteiger charge is 2.16. The van der Waals surface area contributed by atoms with Gasteiger partial charge in [-0.15, -0.1) is 0 Å². The molecule has 2 aromatic carbocycles. The number of benzene rings is 2. The SMILES string of the molecule is Cc1cc(C)n(-c2ccc(CCNC(=O)Cc3cc(Cl)c4c(c3)OCCCO4)cc2)n1. The molecule has 1 aromatic heterocycles. The summed E-state index contributed by atoms with van der Waals surface area (Å²) in [5.74, 6) is 1.12. The van der Waals surface area contributed by atoms with Crippen molar-refractivity contribution >= 4 is 17.5 Å². The van der Waals surface area contributed by atoms with Gasteiger partial charge in [-0.05, 0) is 61.7 Å². The topological polar surface area (TPSA) is 65.4 Å². The van der Waals surface area contributed by atoms with Crippen molar-refractivity contribution in [2.24, 2.45) is 0 Å². The molecule has 0 unspecified atom stereocenters. The van der Waals surface area contributed by atoms with Crippen molar-refractivity contribution in [2.75, 3.05) is 19.8 Å². The van der Waals surface area contributed by atoms with Crippen LogP contribution in [-0.2, 0) is 17.6 Å². The summed E-state index contributed by atoms with van der Waals surface area (Å²) in [4.78, 5) is 12.4. The van der Waals surface area contributed by atoms with Crippen LogP contribution in [0.2, 0.25) is 5.02 Å². The van der Waals surface area contributed by atoms with Gasteiger partial charge < -0.3 is 14.8 Å². The Morgan fingerprint density at radius 2 is 1.87 bits per heavy atom. The lowest BCUT2D eigenvalue weighted by Gasteiger charge is -2.12. The molecule has 0 aliphatic carbocycles. The first-order valence-electron chi connectivity index (χ1n) is 10.5. The molecule has 0 bridgehead atoms. The average molecular weight is 440 g/mol. The van der Waals surface area contributed by atoms with Crippen LogP contribution >= 0.6 is 11.6 Å². The minimum Gasteiger partial charge on any atom is -0.489 e. The number of hydrogen-bond acceptors (Lipinski definition) is 4. The Morgan fingerprint density at radius 1 is 1.10 bits per heavy atom. The van der Waals surface area contributed by atoms with E-state index in [0.29, 0.717) is 36.3 Å². The van der Waals surface area contributed by atoms with E-state index in [9.17, 15) is 4.79 Å². The Labute approximate surface area is 187 Å². The van der Waals surface area contributed by atoms with Crippen molar-refractivity contribution in [2.45, 2.75) is 33.1 Å². The molecule has 6 nitrogen and oxygen atoms in total. The number of amides is 1. The standard InChI is InChI=1S/C24H26ClN3O3/c1-16-12-17(2)28(27-16)20-6-4-18(5-7-20)8-9-26-23(29)15-19-13-21(25)24-22(14-19)30-10-3-11-31-24/h4-7,12-14H,3,8-11,15H2,1-2H3,(H,26,29). The van der Waals surface area contributed by atoms with Crippen molar-refractivity contribution in [3.8, 4) is 17.2 Å². The van der Waals surface area contributed by atoms with Gasteiger partial charge in [0.1, 0.15) is 0 Å². The molecular weight excluding hydrogens is 414 g/mol. The van der Waals surface area contributed by atoms with E-state index in [1.165, 1.54) is 0 Å². The van der Waals surface area contributed by atoms with Crippen LogP contribution in [0.3, 0.4) is 0 Å². The third-order valence-corrected chi connectivity index (χ3v) is 5.43. The zero-order valence-electron chi connectivity index (χ0n) is 17.8. The minimum atomic E-state index is -0.0511. The molecule has 1 aliphatic rings. The summed E-state index contributed by atoms with van der Waals surface area (Å²) in [5.41, 5.74) is 5.10. The third kappa shape index (κ3) is 5.20. The molecule has 1 amide bonds. The van der Waals surface area contributed by atoms with E-state index in [1.54, 1.807) is 6.07 Å². The van der Waals surface area contributed by atoms with Gasteiger partial charge in [-0.2, -0.15) is 5.10 Å². The van der Waals surface area contributed by atoms with Crippen molar-refractivity contribution < 1.29 is 14.3 Å². The Balaban J connectivity index is 1.30. The third-order valence-electron chi connectivity index (χ3n) is 5.15. The lowest BCUT2D eigenvalue weighted by molar-refractivity contribution is -0.120. The fraction of sp³-hybridized carbons (Fsp3) is 0.333. The number of halogens is 1. The first kappa shape index (κ1) is 21.2. The molecule has 7 heteroatoms. The predicted octanol–water partition coefficient (Wildman–Crippen LogP) is 4.21. The highest BCUT2D eigenvalue weighted by Crippen LogP contribution is 2.38. The van der Waals surface area contributed by atoms with Crippen LogP contribution in [0.1, 0.15) is 28.9 Å². The van der Waals surface area contributed by atoms with Crippen LogP contribution in [0.25, 0.3) is 5.69 Å². The number of hydrogen-bond donors (Lipinski definition) is 1. The summed E-state index contributed by atoms with van der Waals surface area (Å²) in [7, 11) is 0. The van der Waals surface area contributed by atoms with Gasteiger partial charge in [-0.1, -0.05) is 23.7 Å². The van der Waals surface area contributed by atoms with Gasteiger partial charge in [0.05, 0.1) is 36.0 Å². The van der Waals surface area contributed by atoms with Crippen molar-refractivity contribution in [3.05, 3.63) is 70.0 Å². The monoisotopic (exact) mass is 439 g/mol. The Hall–Kier alpha value is -2.99. The van der Waals surface area contributed by atoms with Crippen molar-refractivity contribution in [3.63, 3.8) is 0 Å². The van der Waals surface area contributed by atoms with Crippen LogP contribution < -0.4 is 14.8 Å². The molecular formula is C24H26ClN3O3. The van der Waals surface area contributed by atoms with E-state index in [1.807, 2.05) is 24.6 Å². The normalized spacial score (nSPS) is 13.0. The van der Waals surface area contributed by atoms with Crippen LogP contribution in [0.4, 0.5) is 0 Å². The highest BCUT2D eigenvalue weighted by molar-refractivity contribution is 6.32. The summed E-state index contributed by atoms with van der Waals surface area (Å²) >= 11 is 6.31. The quantitative estimate of drug-likeness (QED) is 0.625. The van der Waals surface area contributed by atoms with E-state index in [0.717, 1.165) is 41.0 Å². The summed E-state index contributed by atoms with van der Waals surface area (Å²) < 4.78 is 13.3. The lowest BCUT2D eigenvalue weighted by Crippen LogP contribution is -2.27. The van der Waals surface area contributed by atoms with Gasteiger partial charge in [0, 0.05) is 18.7 Å². The van der Waals surface area contributed by atoms with E-state index >= 15 is 0 Å². The maximum Gasteiger partial charge on any atom is 0.224 e. The Morgan fingerprint density at radius 3 is 2.61 bits per heavy atom. The molecule has 31 heavy (non-hydrogen) atoms. The molecule has 0 saturated carbocycles. The summed E-state index contributed by atoms with van der Waals surface area (Å²) in [6, 6.07) is 13.9. The number of fused-ring (bicyclic) bond motifs is 1. The Kier molecular flexibility index (Phi) is 6.47. The maximum absolute atomic E-state index is 12.4. The number of carbonyl (C=O) groups excluding carboxylic acids is 1. The zero-order chi connectivity index (χ0) is 21.8. The number of nitrogens with zero attached hydrogens (tertiary/aromatic N) is 2. The molecule has 0 saturated heterocycles.